The van der Waals surface area contributed by atoms with Gasteiger partial charge in [0.1, 0.15) is 11.6 Å². The Morgan fingerprint density at radius 2 is 2.10 bits per heavy atom. The number of nitrogens with one attached hydrogen (secondary N) is 1. The predicted octanol–water partition coefficient (Wildman–Crippen LogP) is 1.76. The van der Waals surface area contributed by atoms with Crippen LogP contribution in [0.4, 0.5) is 4.39 Å². The van der Waals surface area contributed by atoms with Crippen LogP contribution in [0.25, 0.3) is 0 Å². The Morgan fingerprint density at radius 3 is 2.80 bits per heavy atom. The molecule has 0 aliphatic heterocycles. The molecule has 1 aromatic rings. The molecule has 0 saturated heterocycles. The van der Waals surface area contributed by atoms with Crippen LogP contribution >= 0.6 is 0 Å². The minimum atomic E-state index is -0.852. The number of hydrogen-bond donors (Lipinski definition) is 3. The summed E-state index contributed by atoms with van der Waals surface area (Å²) >= 11 is 0. The number of aromatic hydroxyl groups is 1. The third-order valence-corrected chi connectivity index (χ3v) is 3.70. The molecule has 6 heteroatoms. The Morgan fingerprint density at radius 1 is 1.35 bits per heavy atom. The molecule has 1 aliphatic carbocycles. The lowest BCUT2D eigenvalue weighted by molar-refractivity contribution is -0.142. The van der Waals surface area contributed by atoms with Crippen LogP contribution < -0.4 is 5.32 Å². The number of carbonyl (C=O) groups excluding carboxylic acids is 1. The van der Waals surface area contributed by atoms with Crippen LogP contribution in [0, 0.1) is 17.7 Å². The molecule has 3 N–H and O–H groups in total. The molecule has 1 aromatic carbocycles. The average Bonchev–Trinajstić information content (AvgIpc) is 2.87. The number of halogens is 1. The fraction of sp³-hybridized carbons (Fsp3) is 0.429. The maximum Gasteiger partial charge on any atom is 0.306 e. The quantitative estimate of drug-likeness (QED) is 0.785. The molecule has 108 valence electrons. The second-order valence-corrected chi connectivity index (χ2v) is 5.01. The first-order valence-electron chi connectivity index (χ1n) is 6.48. The summed E-state index contributed by atoms with van der Waals surface area (Å²) in [5, 5.41) is 21.1. The highest BCUT2D eigenvalue weighted by atomic mass is 19.1. The van der Waals surface area contributed by atoms with Crippen molar-refractivity contribution in [2.45, 2.75) is 19.3 Å². The molecule has 0 aromatic heterocycles. The first-order chi connectivity index (χ1) is 9.49. The van der Waals surface area contributed by atoms with Crippen LogP contribution in [0.3, 0.4) is 0 Å². The second kappa shape index (κ2) is 5.90. The van der Waals surface area contributed by atoms with E-state index in [1.54, 1.807) is 0 Å². The zero-order valence-electron chi connectivity index (χ0n) is 10.8. The molecule has 0 radical (unpaired) electrons. The zero-order valence-corrected chi connectivity index (χ0v) is 10.8. The fourth-order valence-corrected chi connectivity index (χ4v) is 2.62. The first kappa shape index (κ1) is 14.3. The van der Waals surface area contributed by atoms with Crippen LogP contribution in [0.5, 0.6) is 5.75 Å². The Labute approximate surface area is 115 Å². The predicted molar refractivity (Wildman–Crippen MR) is 68.9 cm³/mol. The summed E-state index contributed by atoms with van der Waals surface area (Å²) in [4.78, 5) is 22.9. The van der Waals surface area contributed by atoms with E-state index in [1.165, 1.54) is 0 Å². The zero-order chi connectivity index (χ0) is 14.7. The number of amides is 1. The second-order valence-electron chi connectivity index (χ2n) is 5.01. The number of carbonyl (C=O) groups is 2. The lowest BCUT2D eigenvalue weighted by Crippen LogP contribution is -2.33. The van der Waals surface area contributed by atoms with Gasteiger partial charge >= 0.3 is 5.97 Å². The minimum absolute atomic E-state index is 0.118. The van der Waals surface area contributed by atoms with Gasteiger partial charge in [-0.3, -0.25) is 9.59 Å². The topological polar surface area (TPSA) is 86.6 Å². The highest BCUT2D eigenvalue weighted by Crippen LogP contribution is 2.31. The van der Waals surface area contributed by atoms with E-state index in [0.717, 1.165) is 31.0 Å². The summed E-state index contributed by atoms with van der Waals surface area (Å²) in [5.74, 6) is -2.93. The maximum absolute atomic E-state index is 13.0. The van der Waals surface area contributed by atoms with Crippen LogP contribution in [-0.2, 0) is 4.79 Å². The molecule has 2 unspecified atom stereocenters. The highest BCUT2D eigenvalue weighted by Gasteiger charge is 2.33. The van der Waals surface area contributed by atoms with Crippen LogP contribution in [0.2, 0.25) is 0 Å². The normalized spacial score (nSPS) is 21.6. The van der Waals surface area contributed by atoms with Crippen molar-refractivity contribution in [3.8, 4) is 5.75 Å². The van der Waals surface area contributed by atoms with Crippen LogP contribution in [-0.4, -0.2) is 28.6 Å². The standard InChI is InChI=1S/C14H16FNO4/c15-9-4-5-12(17)11(6-9)13(18)16-7-8-2-1-3-10(8)14(19)20/h4-6,8,10,17H,1-3,7H2,(H,16,18)(H,19,20). The van der Waals surface area contributed by atoms with Gasteiger partial charge < -0.3 is 15.5 Å². The summed E-state index contributed by atoms with van der Waals surface area (Å²) < 4.78 is 13.0. The van der Waals surface area contributed by atoms with Crippen LogP contribution in [0.15, 0.2) is 18.2 Å². The van der Waals surface area contributed by atoms with Crippen molar-refractivity contribution in [1.29, 1.82) is 0 Å². The van der Waals surface area contributed by atoms with Gasteiger partial charge in [-0.15, -0.1) is 0 Å². The van der Waals surface area contributed by atoms with Crippen molar-refractivity contribution >= 4 is 11.9 Å². The van der Waals surface area contributed by atoms with Gasteiger partial charge in [0.05, 0.1) is 11.5 Å². The molecule has 5 nitrogen and oxygen atoms in total. The van der Waals surface area contributed by atoms with Crippen molar-refractivity contribution < 1.29 is 24.2 Å². The van der Waals surface area contributed by atoms with E-state index in [-0.39, 0.29) is 23.8 Å². The van der Waals surface area contributed by atoms with E-state index >= 15 is 0 Å². The number of carboxylic acids is 1. The molecule has 1 saturated carbocycles. The SMILES string of the molecule is O=C(NCC1CCCC1C(=O)O)c1cc(F)ccc1O. The molecule has 20 heavy (non-hydrogen) atoms. The summed E-state index contributed by atoms with van der Waals surface area (Å²) in [5.41, 5.74) is -0.144. The Kier molecular flexibility index (Phi) is 4.22. The lowest BCUT2D eigenvalue weighted by Gasteiger charge is -2.16. The van der Waals surface area contributed by atoms with Crippen molar-refractivity contribution in [3.63, 3.8) is 0 Å². The van der Waals surface area contributed by atoms with Crippen molar-refractivity contribution in [1.82, 2.24) is 5.32 Å². The van der Waals surface area contributed by atoms with Crippen molar-refractivity contribution in [3.05, 3.63) is 29.6 Å². The Hall–Kier alpha value is -2.11. The molecular weight excluding hydrogens is 265 g/mol. The van der Waals surface area contributed by atoms with Gasteiger partial charge in [0.15, 0.2) is 0 Å². The first-order valence-corrected chi connectivity index (χ1v) is 6.48. The number of hydrogen-bond acceptors (Lipinski definition) is 3. The molecule has 1 fully saturated rings. The molecule has 2 atom stereocenters. The number of phenols is 1. The minimum Gasteiger partial charge on any atom is -0.507 e. The molecule has 0 bridgehead atoms. The molecule has 1 amide bonds. The van der Waals surface area contributed by atoms with Gasteiger partial charge in [-0.1, -0.05) is 6.42 Å². The molecule has 1 aliphatic rings. The average molecular weight is 281 g/mol. The Balaban J connectivity index is 1.98. The summed E-state index contributed by atoms with van der Waals surface area (Å²) in [6.45, 7) is 0.214. The number of aliphatic carboxylic acids is 1. The van der Waals surface area contributed by atoms with E-state index in [1.807, 2.05) is 0 Å². The van der Waals surface area contributed by atoms with Crippen molar-refractivity contribution in [2.24, 2.45) is 11.8 Å². The maximum atomic E-state index is 13.0. The molecule has 0 spiro atoms. The third kappa shape index (κ3) is 3.07. The van der Waals surface area contributed by atoms with Gasteiger partial charge in [-0.25, -0.2) is 4.39 Å². The van der Waals surface area contributed by atoms with E-state index in [0.29, 0.717) is 6.42 Å². The van der Waals surface area contributed by atoms with Gasteiger partial charge in [0.2, 0.25) is 0 Å². The highest BCUT2D eigenvalue weighted by molar-refractivity contribution is 5.96. The smallest absolute Gasteiger partial charge is 0.306 e. The van der Waals surface area contributed by atoms with E-state index in [9.17, 15) is 19.1 Å². The van der Waals surface area contributed by atoms with Crippen LogP contribution in [0.1, 0.15) is 29.6 Å². The van der Waals surface area contributed by atoms with E-state index < -0.39 is 23.6 Å². The third-order valence-electron chi connectivity index (χ3n) is 3.70. The van der Waals surface area contributed by atoms with Crippen molar-refractivity contribution in [2.75, 3.05) is 6.54 Å². The van der Waals surface area contributed by atoms with Gasteiger partial charge in [0, 0.05) is 6.54 Å². The number of rotatable bonds is 4. The van der Waals surface area contributed by atoms with E-state index in [4.69, 9.17) is 5.11 Å². The summed E-state index contributed by atoms with van der Waals surface area (Å²) in [6, 6.07) is 3.12. The largest absolute Gasteiger partial charge is 0.507 e. The monoisotopic (exact) mass is 281 g/mol. The number of benzene rings is 1. The Bertz CT molecular complexity index is 532. The van der Waals surface area contributed by atoms with Gasteiger partial charge in [-0.05, 0) is 37.0 Å². The molecule has 0 heterocycles. The molecular formula is C14H16FNO4. The van der Waals surface area contributed by atoms with E-state index in [2.05, 4.69) is 5.32 Å². The summed E-state index contributed by atoms with van der Waals surface area (Å²) in [6.07, 6.45) is 2.18. The number of carboxylic acid groups (broad SMARTS) is 1. The molecule has 2 rings (SSSR count). The summed E-state index contributed by atoms with van der Waals surface area (Å²) in [7, 11) is 0. The fourth-order valence-electron chi connectivity index (χ4n) is 2.62. The van der Waals surface area contributed by atoms with Gasteiger partial charge in [-0.2, -0.15) is 0 Å². The van der Waals surface area contributed by atoms with Gasteiger partial charge in [0.25, 0.3) is 5.91 Å². The number of phenolic OH excluding ortho intramolecular Hbond substituents is 1. The lowest BCUT2D eigenvalue weighted by atomic mass is 9.96.